The molecule has 0 unspecified atom stereocenters. The summed E-state index contributed by atoms with van der Waals surface area (Å²) < 4.78 is 14.6. The molecule has 4 heteroatoms. The molecule has 3 nitrogen and oxygen atoms in total. The first kappa shape index (κ1) is 16.2. The lowest BCUT2D eigenvalue weighted by molar-refractivity contribution is 0.237. The fraction of sp³-hybridized carbons (Fsp3) is 0.706. The summed E-state index contributed by atoms with van der Waals surface area (Å²) in [5, 5.41) is 3.26. The molecular weight excluding hydrogens is 265 g/mol. The zero-order valence-corrected chi connectivity index (χ0v) is 13.6. The number of nitrogens with one attached hydrogen (secondary N) is 1. The molecule has 2 heterocycles. The minimum atomic E-state index is -0.152. The maximum atomic E-state index is 14.6. The number of nitrogens with zero attached hydrogens (tertiary/aromatic N) is 2. The summed E-state index contributed by atoms with van der Waals surface area (Å²) in [6, 6.07) is 1.78. The van der Waals surface area contributed by atoms with Gasteiger partial charge in [-0.2, -0.15) is 0 Å². The molecule has 0 amide bonds. The lowest BCUT2D eigenvalue weighted by atomic mass is 9.78. The van der Waals surface area contributed by atoms with Crippen LogP contribution in [0, 0.1) is 11.2 Å². The van der Waals surface area contributed by atoms with Gasteiger partial charge in [0.15, 0.2) is 11.6 Å². The Morgan fingerprint density at radius 3 is 2.67 bits per heavy atom. The Morgan fingerprint density at radius 2 is 2.05 bits per heavy atom. The van der Waals surface area contributed by atoms with Gasteiger partial charge in [0.05, 0.1) is 0 Å². The number of hydrogen-bond acceptors (Lipinski definition) is 3. The van der Waals surface area contributed by atoms with Crippen molar-refractivity contribution in [1.82, 2.24) is 10.3 Å². The maximum Gasteiger partial charge on any atom is 0.170 e. The largest absolute Gasteiger partial charge is 0.354 e. The third-order valence-corrected chi connectivity index (χ3v) is 4.82. The SMILES string of the molecule is CCCNCc1ccnc(N2CCC(C)(CC)CC2)c1F. The van der Waals surface area contributed by atoms with Gasteiger partial charge >= 0.3 is 0 Å². The molecule has 1 aromatic rings. The van der Waals surface area contributed by atoms with Gasteiger partial charge in [-0.05, 0) is 37.3 Å². The molecule has 1 saturated heterocycles. The Labute approximate surface area is 127 Å². The summed E-state index contributed by atoms with van der Waals surface area (Å²) >= 11 is 0. The van der Waals surface area contributed by atoms with Gasteiger partial charge in [-0.15, -0.1) is 0 Å². The van der Waals surface area contributed by atoms with E-state index in [9.17, 15) is 4.39 Å². The molecule has 0 spiro atoms. The highest BCUT2D eigenvalue weighted by atomic mass is 19.1. The molecule has 1 fully saturated rings. The first-order chi connectivity index (χ1) is 10.1. The number of aromatic nitrogens is 1. The molecule has 21 heavy (non-hydrogen) atoms. The molecule has 118 valence electrons. The third kappa shape index (κ3) is 3.94. The summed E-state index contributed by atoms with van der Waals surface area (Å²) in [6.45, 7) is 9.99. The summed E-state index contributed by atoms with van der Waals surface area (Å²) in [6.07, 6.45) is 6.21. The predicted molar refractivity (Wildman–Crippen MR) is 86.0 cm³/mol. The van der Waals surface area contributed by atoms with Crippen molar-refractivity contribution in [2.45, 2.75) is 53.0 Å². The van der Waals surface area contributed by atoms with Crippen molar-refractivity contribution in [3.8, 4) is 0 Å². The average molecular weight is 293 g/mol. The van der Waals surface area contributed by atoms with Gasteiger partial charge < -0.3 is 10.2 Å². The van der Waals surface area contributed by atoms with Gasteiger partial charge in [0.25, 0.3) is 0 Å². The zero-order valence-electron chi connectivity index (χ0n) is 13.6. The Hall–Kier alpha value is -1.16. The Morgan fingerprint density at radius 1 is 1.33 bits per heavy atom. The highest BCUT2D eigenvalue weighted by Crippen LogP contribution is 2.35. The number of rotatable bonds is 6. The van der Waals surface area contributed by atoms with Crippen molar-refractivity contribution in [1.29, 1.82) is 0 Å². The molecule has 1 aromatic heterocycles. The minimum absolute atomic E-state index is 0.152. The smallest absolute Gasteiger partial charge is 0.170 e. The topological polar surface area (TPSA) is 28.2 Å². The van der Waals surface area contributed by atoms with Crippen LogP contribution >= 0.6 is 0 Å². The second kappa shape index (κ2) is 7.21. The van der Waals surface area contributed by atoms with Crippen LogP contribution in [-0.4, -0.2) is 24.6 Å². The van der Waals surface area contributed by atoms with E-state index >= 15 is 0 Å². The van der Waals surface area contributed by atoms with Gasteiger partial charge in [-0.3, -0.25) is 0 Å². The van der Waals surface area contributed by atoms with E-state index in [0.717, 1.165) is 44.5 Å². The van der Waals surface area contributed by atoms with Gasteiger partial charge in [0.1, 0.15) is 0 Å². The molecule has 0 atom stereocenters. The van der Waals surface area contributed by atoms with E-state index in [1.54, 1.807) is 12.3 Å². The van der Waals surface area contributed by atoms with Crippen molar-refractivity contribution < 1.29 is 4.39 Å². The minimum Gasteiger partial charge on any atom is -0.354 e. The second-order valence-electron chi connectivity index (χ2n) is 6.44. The van der Waals surface area contributed by atoms with E-state index in [4.69, 9.17) is 0 Å². The monoisotopic (exact) mass is 293 g/mol. The normalized spacial score (nSPS) is 18.0. The zero-order chi connectivity index (χ0) is 15.3. The molecule has 1 aliphatic rings. The van der Waals surface area contributed by atoms with Gasteiger partial charge in [-0.25, -0.2) is 9.37 Å². The van der Waals surface area contributed by atoms with Crippen LogP contribution in [0.25, 0.3) is 0 Å². The van der Waals surface area contributed by atoms with Crippen molar-refractivity contribution in [3.05, 3.63) is 23.6 Å². The van der Waals surface area contributed by atoms with Crippen LogP contribution in [0.4, 0.5) is 10.2 Å². The molecule has 1 aliphatic heterocycles. The fourth-order valence-corrected chi connectivity index (χ4v) is 2.84. The van der Waals surface area contributed by atoms with E-state index in [1.165, 1.54) is 6.42 Å². The van der Waals surface area contributed by atoms with Crippen LogP contribution in [0.15, 0.2) is 12.3 Å². The van der Waals surface area contributed by atoms with E-state index in [2.05, 4.69) is 36.0 Å². The Bertz CT molecular complexity index is 453. The van der Waals surface area contributed by atoms with E-state index in [1.807, 2.05) is 0 Å². The van der Waals surface area contributed by atoms with Gasteiger partial charge in [0, 0.05) is 31.4 Å². The molecule has 0 aromatic carbocycles. The lowest BCUT2D eigenvalue weighted by Gasteiger charge is -2.39. The van der Waals surface area contributed by atoms with Crippen LogP contribution in [0.5, 0.6) is 0 Å². The summed E-state index contributed by atoms with van der Waals surface area (Å²) in [4.78, 5) is 6.39. The maximum absolute atomic E-state index is 14.6. The van der Waals surface area contributed by atoms with Gasteiger partial charge in [-0.1, -0.05) is 27.2 Å². The summed E-state index contributed by atoms with van der Waals surface area (Å²) in [5.74, 6) is 0.380. The van der Waals surface area contributed by atoms with Crippen LogP contribution in [0.1, 0.15) is 52.0 Å². The molecule has 1 N–H and O–H groups in total. The Balaban J connectivity index is 2.05. The first-order valence-corrected chi connectivity index (χ1v) is 8.18. The van der Waals surface area contributed by atoms with Crippen molar-refractivity contribution >= 4 is 5.82 Å². The van der Waals surface area contributed by atoms with Crippen molar-refractivity contribution in [2.75, 3.05) is 24.5 Å². The van der Waals surface area contributed by atoms with E-state index in [-0.39, 0.29) is 5.82 Å². The van der Waals surface area contributed by atoms with Gasteiger partial charge in [0.2, 0.25) is 0 Å². The molecule has 0 bridgehead atoms. The van der Waals surface area contributed by atoms with Crippen LogP contribution < -0.4 is 10.2 Å². The highest BCUT2D eigenvalue weighted by Gasteiger charge is 2.30. The lowest BCUT2D eigenvalue weighted by Crippen LogP contribution is -2.39. The van der Waals surface area contributed by atoms with E-state index in [0.29, 0.717) is 17.8 Å². The number of hydrogen-bond donors (Lipinski definition) is 1. The van der Waals surface area contributed by atoms with Crippen molar-refractivity contribution in [2.24, 2.45) is 5.41 Å². The summed E-state index contributed by atoms with van der Waals surface area (Å²) in [5.41, 5.74) is 1.13. The third-order valence-electron chi connectivity index (χ3n) is 4.82. The fourth-order valence-electron chi connectivity index (χ4n) is 2.84. The summed E-state index contributed by atoms with van der Waals surface area (Å²) in [7, 11) is 0. The predicted octanol–water partition coefficient (Wildman–Crippen LogP) is 3.74. The average Bonchev–Trinajstić information content (AvgIpc) is 2.50. The molecule has 0 saturated carbocycles. The standard InChI is InChI=1S/C17H28FN3/c1-4-9-19-13-14-6-10-20-16(15(14)18)21-11-7-17(3,5-2)8-12-21/h6,10,19H,4-5,7-9,11-13H2,1-3H3. The molecule has 0 aliphatic carbocycles. The number of pyridine rings is 1. The number of anilines is 1. The van der Waals surface area contributed by atoms with Crippen LogP contribution in [0.2, 0.25) is 0 Å². The molecular formula is C17H28FN3. The molecule has 2 rings (SSSR count). The van der Waals surface area contributed by atoms with Crippen LogP contribution in [-0.2, 0) is 6.54 Å². The quantitative estimate of drug-likeness (QED) is 0.810. The highest BCUT2D eigenvalue weighted by molar-refractivity contribution is 5.43. The number of halogens is 1. The first-order valence-electron chi connectivity index (χ1n) is 8.18. The van der Waals surface area contributed by atoms with E-state index < -0.39 is 0 Å². The second-order valence-corrected chi connectivity index (χ2v) is 6.44. The molecule has 0 radical (unpaired) electrons. The number of piperidine rings is 1. The van der Waals surface area contributed by atoms with Crippen LogP contribution in [0.3, 0.4) is 0 Å². The van der Waals surface area contributed by atoms with Crippen molar-refractivity contribution in [3.63, 3.8) is 0 Å². The Kier molecular flexibility index (Phi) is 5.57.